The Kier molecular flexibility index (Phi) is 4.13. The van der Waals surface area contributed by atoms with Crippen LogP contribution in [0.15, 0.2) is 24.3 Å². The van der Waals surface area contributed by atoms with Crippen molar-refractivity contribution in [2.75, 3.05) is 36.5 Å². The molecule has 4 rings (SSSR count). The van der Waals surface area contributed by atoms with Crippen molar-refractivity contribution in [3.63, 3.8) is 0 Å². The highest BCUT2D eigenvalue weighted by Gasteiger charge is 2.19. The van der Waals surface area contributed by atoms with E-state index in [0.717, 1.165) is 31.6 Å². The lowest BCUT2D eigenvalue weighted by atomic mass is 10.2. The van der Waals surface area contributed by atoms with Gasteiger partial charge in [-0.3, -0.25) is 4.79 Å². The molecule has 0 spiro atoms. The highest BCUT2D eigenvalue weighted by atomic mass is 16.6. The van der Waals surface area contributed by atoms with E-state index in [1.165, 1.54) is 0 Å². The zero-order valence-electron chi connectivity index (χ0n) is 14.1. The summed E-state index contributed by atoms with van der Waals surface area (Å²) in [4.78, 5) is 23.6. The maximum absolute atomic E-state index is 12.6. The van der Waals surface area contributed by atoms with Crippen molar-refractivity contribution >= 4 is 17.5 Å². The molecule has 1 amide bonds. The molecule has 7 nitrogen and oxygen atoms in total. The van der Waals surface area contributed by atoms with Gasteiger partial charge in [-0.25, -0.2) is 9.97 Å². The quantitative estimate of drug-likeness (QED) is 0.925. The monoisotopic (exact) mass is 340 g/mol. The van der Waals surface area contributed by atoms with Crippen LogP contribution in [-0.4, -0.2) is 42.2 Å². The number of carbonyl (C=O) groups is 1. The molecular weight excluding hydrogens is 320 g/mol. The van der Waals surface area contributed by atoms with Crippen molar-refractivity contribution in [1.29, 1.82) is 0 Å². The van der Waals surface area contributed by atoms with Crippen LogP contribution in [0.2, 0.25) is 0 Å². The van der Waals surface area contributed by atoms with Crippen LogP contribution < -0.4 is 19.7 Å². The Bertz CT molecular complexity index is 803. The summed E-state index contributed by atoms with van der Waals surface area (Å²) < 4.78 is 11.0. The molecule has 3 heterocycles. The van der Waals surface area contributed by atoms with E-state index in [-0.39, 0.29) is 5.91 Å². The fraction of sp³-hybridized carbons (Fsp3) is 0.389. The average molecular weight is 340 g/mol. The van der Waals surface area contributed by atoms with E-state index in [1.54, 1.807) is 24.3 Å². The van der Waals surface area contributed by atoms with Crippen molar-refractivity contribution in [3.8, 4) is 11.5 Å². The minimum atomic E-state index is -0.261. The minimum Gasteiger partial charge on any atom is -0.486 e. The molecule has 0 radical (unpaired) electrons. The van der Waals surface area contributed by atoms with Crippen molar-refractivity contribution in [1.82, 2.24) is 9.97 Å². The summed E-state index contributed by atoms with van der Waals surface area (Å²) in [6, 6.07) is 7.06. The predicted octanol–water partition coefficient (Wildman–Crippen LogP) is 2.41. The first-order valence-electron chi connectivity index (χ1n) is 8.51. The van der Waals surface area contributed by atoms with Gasteiger partial charge in [0.25, 0.3) is 5.91 Å². The third-order valence-corrected chi connectivity index (χ3v) is 4.26. The van der Waals surface area contributed by atoms with Crippen molar-refractivity contribution in [2.24, 2.45) is 0 Å². The molecule has 0 saturated carbocycles. The lowest BCUT2D eigenvalue weighted by Crippen LogP contribution is -2.23. The van der Waals surface area contributed by atoms with Crippen molar-refractivity contribution in [3.05, 3.63) is 35.7 Å². The normalized spacial score (nSPS) is 16.0. The van der Waals surface area contributed by atoms with Gasteiger partial charge in [0.2, 0.25) is 5.95 Å². The minimum absolute atomic E-state index is 0.261. The number of aryl methyl sites for hydroxylation is 1. The highest BCUT2D eigenvalue weighted by molar-refractivity contribution is 6.03. The summed E-state index contributed by atoms with van der Waals surface area (Å²) in [5.74, 6) is 1.70. The number of hydrogen-bond donors (Lipinski definition) is 1. The molecule has 1 saturated heterocycles. The van der Waals surface area contributed by atoms with E-state index in [0.29, 0.717) is 42.0 Å². The van der Waals surface area contributed by atoms with Gasteiger partial charge in [0.05, 0.1) is 0 Å². The number of nitrogens with zero attached hydrogens (tertiary/aromatic N) is 3. The molecule has 0 atom stereocenters. The number of ether oxygens (including phenoxy) is 2. The first kappa shape index (κ1) is 15.7. The van der Waals surface area contributed by atoms with E-state index in [4.69, 9.17) is 9.47 Å². The van der Waals surface area contributed by atoms with E-state index in [1.807, 2.05) is 6.92 Å². The second kappa shape index (κ2) is 6.58. The number of carbonyl (C=O) groups excluding carboxylic acids is 1. The Hall–Kier alpha value is -2.83. The maximum atomic E-state index is 12.6. The topological polar surface area (TPSA) is 76.6 Å². The molecule has 1 aromatic carbocycles. The largest absolute Gasteiger partial charge is 0.486 e. The lowest BCUT2D eigenvalue weighted by Gasteiger charge is -2.19. The molecule has 0 aliphatic carbocycles. The van der Waals surface area contributed by atoms with Gasteiger partial charge in [-0.2, -0.15) is 0 Å². The van der Waals surface area contributed by atoms with Crippen LogP contribution in [0, 0.1) is 6.92 Å². The molecule has 1 N–H and O–H groups in total. The number of fused-ring (bicyclic) bond motifs is 1. The third kappa shape index (κ3) is 3.35. The Morgan fingerprint density at radius 3 is 2.64 bits per heavy atom. The van der Waals surface area contributed by atoms with Gasteiger partial charge >= 0.3 is 0 Å². The van der Waals surface area contributed by atoms with Crippen molar-refractivity contribution in [2.45, 2.75) is 19.8 Å². The molecule has 1 fully saturated rings. The summed E-state index contributed by atoms with van der Waals surface area (Å²) in [6.45, 7) is 4.80. The van der Waals surface area contributed by atoms with Crippen LogP contribution in [0.5, 0.6) is 11.5 Å². The van der Waals surface area contributed by atoms with E-state index < -0.39 is 0 Å². The van der Waals surface area contributed by atoms with Gasteiger partial charge in [0.15, 0.2) is 11.5 Å². The zero-order valence-corrected chi connectivity index (χ0v) is 14.1. The maximum Gasteiger partial charge on any atom is 0.274 e. The molecule has 2 aromatic rings. The number of aromatic nitrogens is 2. The molecule has 25 heavy (non-hydrogen) atoms. The summed E-state index contributed by atoms with van der Waals surface area (Å²) in [5.41, 5.74) is 1.79. The fourth-order valence-corrected chi connectivity index (χ4v) is 3.04. The summed E-state index contributed by atoms with van der Waals surface area (Å²) >= 11 is 0. The Balaban J connectivity index is 1.54. The van der Waals surface area contributed by atoms with E-state index >= 15 is 0 Å². The Morgan fingerprint density at radius 2 is 1.84 bits per heavy atom. The Labute approximate surface area is 146 Å². The van der Waals surface area contributed by atoms with Gasteiger partial charge in [0.1, 0.15) is 18.9 Å². The van der Waals surface area contributed by atoms with Crippen LogP contribution in [0.1, 0.15) is 29.0 Å². The summed E-state index contributed by atoms with van der Waals surface area (Å²) in [7, 11) is 0. The number of amides is 1. The number of nitrogens with one attached hydrogen (secondary N) is 1. The molecule has 0 bridgehead atoms. The van der Waals surface area contributed by atoms with Gasteiger partial charge < -0.3 is 19.7 Å². The van der Waals surface area contributed by atoms with Crippen LogP contribution in [0.25, 0.3) is 0 Å². The predicted molar refractivity (Wildman–Crippen MR) is 93.6 cm³/mol. The van der Waals surface area contributed by atoms with Gasteiger partial charge in [-0.05, 0) is 38.0 Å². The number of hydrogen-bond acceptors (Lipinski definition) is 6. The molecule has 2 aliphatic heterocycles. The SMILES string of the molecule is Cc1cc(C(=O)Nc2ccc3c(c2)OCCO3)nc(N2CCCC2)n1. The van der Waals surface area contributed by atoms with E-state index in [2.05, 4.69) is 20.2 Å². The van der Waals surface area contributed by atoms with Crippen LogP contribution in [-0.2, 0) is 0 Å². The summed E-state index contributed by atoms with van der Waals surface area (Å²) in [6.07, 6.45) is 2.27. The highest BCUT2D eigenvalue weighted by Crippen LogP contribution is 2.32. The van der Waals surface area contributed by atoms with Gasteiger partial charge in [0, 0.05) is 30.5 Å². The second-order valence-corrected chi connectivity index (χ2v) is 6.20. The number of rotatable bonds is 3. The molecule has 2 aliphatic rings. The smallest absolute Gasteiger partial charge is 0.274 e. The van der Waals surface area contributed by atoms with Crippen LogP contribution in [0.3, 0.4) is 0 Å². The lowest BCUT2D eigenvalue weighted by molar-refractivity contribution is 0.102. The number of benzene rings is 1. The standard InChI is InChI=1S/C18H20N4O3/c1-12-10-14(21-18(19-12)22-6-2-3-7-22)17(23)20-13-4-5-15-16(11-13)25-9-8-24-15/h4-5,10-11H,2-3,6-9H2,1H3,(H,20,23). The fourth-order valence-electron chi connectivity index (χ4n) is 3.04. The molecule has 0 unspecified atom stereocenters. The van der Waals surface area contributed by atoms with Crippen LogP contribution >= 0.6 is 0 Å². The molecule has 130 valence electrons. The van der Waals surface area contributed by atoms with Crippen LogP contribution in [0.4, 0.5) is 11.6 Å². The van der Waals surface area contributed by atoms with Gasteiger partial charge in [-0.1, -0.05) is 0 Å². The molecular formula is C18H20N4O3. The van der Waals surface area contributed by atoms with Crippen molar-refractivity contribution < 1.29 is 14.3 Å². The van der Waals surface area contributed by atoms with Gasteiger partial charge in [-0.15, -0.1) is 0 Å². The van der Waals surface area contributed by atoms with E-state index in [9.17, 15) is 4.79 Å². The molecule has 7 heteroatoms. The average Bonchev–Trinajstić information content (AvgIpc) is 3.16. The second-order valence-electron chi connectivity index (χ2n) is 6.20. The summed E-state index contributed by atoms with van der Waals surface area (Å²) in [5, 5.41) is 2.87. The Morgan fingerprint density at radius 1 is 1.08 bits per heavy atom. The molecule has 1 aromatic heterocycles. The number of anilines is 2. The zero-order chi connectivity index (χ0) is 17.2. The third-order valence-electron chi connectivity index (χ3n) is 4.26. The first-order chi connectivity index (χ1) is 12.2. The first-order valence-corrected chi connectivity index (χ1v) is 8.51.